The van der Waals surface area contributed by atoms with Gasteiger partial charge < -0.3 is 5.32 Å². The molecule has 0 radical (unpaired) electrons. The molecule has 3 aromatic carbocycles. The first-order valence-electron chi connectivity index (χ1n) is 11.3. The molecule has 1 heterocycles. The van der Waals surface area contributed by atoms with E-state index in [1.807, 2.05) is 62.4 Å². The highest BCUT2D eigenvalue weighted by molar-refractivity contribution is 7.92. The van der Waals surface area contributed by atoms with E-state index in [1.54, 1.807) is 36.7 Å². The lowest BCUT2D eigenvalue weighted by Crippen LogP contribution is -2.38. The van der Waals surface area contributed by atoms with Crippen LogP contribution in [0.2, 0.25) is 0 Å². The summed E-state index contributed by atoms with van der Waals surface area (Å²) in [5.41, 5.74) is 5.00. The summed E-state index contributed by atoms with van der Waals surface area (Å²) in [6, 6.07) is 25.2. The molecule has 7 heteroatoms. The van der Waals surface area contributed by atoms with Gasteiger partial charge in [0.25, 0.3) is 10.0 Å². The van der Waals surface area contributed by atoms with Crippen molar-refractivity contribution in [3.05, 3.63) is 120 Å². The minimum absolute atomic E-state index is 0.133. The lowest BCUT2D eigenvalue weighted by molar-refractivity contribution is -0.114. The number of aryl methyl sites for hydroxylation is 2. The highest BCUT2D eigenvalue weighted by Gasteiger charge is 2.28. The molecule has 1 aromatic heterocycles. The minimum atomic E-state index is -3.95. The van der Waals surface area contributed by atoms with Crippen LogP contribution in [0.3, 0.4) is 0 Å². The van der Waals surface area contributed by atoms with Crippen LogP contribution in [0.4, 0.5) is 11.4 Å². The Morgan fingerprint density at radius 1 is 0.857 bits per heavy atom. The van der Waals surface area contributed by atoms with Crippen molar-refractivity contribution in [2.75, 3.05) is 16.2 Å². The number of hydrogen-bond donors (Lipinski definition) is 1. The molecule has 4 rings (SSSR count). The Bertz CT molecular complexity index is 1410. The molecular formula is C28H27N3O3S. The van der Waals surface area contributed by atoms with Crippen LogP contribution >= 0.6 is 0 Å². The fourth-order valence-corrected chi connectivity index (χ4v) is 5.28. The van der Waals surface area contributed by atoms with E-state index in [2.05, 4.69) is 10.3 Å². The molecule has 0 aliphatic rings. The zero-order valence-electron chi connectivity index (χ0n) is 19.7. The molecule has 4 aromatic rings. The summed E-state index contributed by atoms with van der Waals surface area (Å²) in [6.45, 7) is 3.38. The van der Waals surface area contributed by atoms with Crippen molar-refractivity contribution in [3.8, 4) is 0 Å². The predicted molar refractivity (Wildman–Crippen MR) is 139 cm³/mol. The molecule has 0 bridgehead atoms. The molecule has 35 heavy (non-hydrogen) atoms. The molecule has 6 nitrogen and oxygen atoms in total. The van der Waals surface area contributed by atoms with Crippen molar-refractivity contribution < 1.29 is 13.2 Å². The molecule has 0 fully saturated rings. The van der Waals surface area contributed by atoms with E-state index in [9.17, 15) is 13.2 Å². The average Bonchev–Trinajstić information content (AvgIpc) is 2.86. The van der Waals surface area contributed by atoms with Crippen molar-refractivity contribution in [2.45, 2.75) is 25.2 Å². The van der Waals surface area contributed by atoms with Gasteiger partial charge in [-0.15, -0.1) is 0 Å². The van der Waals surface area contributed by atoms with E-state index in [-0.39, 0.29) is 11.4 Å². The fourth-order valence-electron chi connectivity index (χ4n) is 3.78. The number of nitrogens with zero attached hydrogens (tertiary/aromatic N) is 2. The Hall–Kier alpha value is -3.97. The summed E-state index contributed by atoms with van der Waals surface area (Å²) in [5, 5.41) is 2.84. The first-order valence-corrected chi connectivity index (χ1v) is 12.7. The molecule has 0 saturated carbocycles. The van der Waals surface area contributed by atoms with Crippen molar-refractivity contribution >= 4 is 27.3 Å². The SMILES string of the molecule is Cc1ccc(C)c(N(CC(=O)Nc2ccc(Cc3ccncc3)cc2)S(=O)(=O)c2ccccc2)c1. The summed E-state index contributed by atoms with van der Waals surface area (Å²) in [5.74, 6) is -0.424. The van der Waals surface area contributed by atoms with Crippen LogP contribution in [0.5, 0.6) is 0 Å². The van der Waals surface area contributed by atoms with Crippen LogP contribution in [-0.2, 0) is 21.2 Å². The Labute approximate surface area is 206 Å². The minimum Gasteiger partial charge on any atom is -0.325 e. The van der Waals surface area contributed by atoms with Crippen LogP contribution in [0, 0.1) is 13.8 Å². The number of hydrogen-bond acceptors (Lipinski definition) is 4. The smallest absolute Gasteiger partial charge is 0.264 e. The van der Waals surface area contributed by atoms with Crippen LogP contribution in [0.1, 0.15) is 22.3 Å². The third-order valence-electron chi connectivity index (χ3n) is 5.65. The third kappa shape index (κ3) is 5.94. The maximum Gasteiger partial charge on any atom is 0.264 e. The molecular weight excluding hydrogens is 458 g/mol. The van der Waals surface area contributed by atoms with Gasteiger partial charge in [0.15, 0.2) is 0 Å². The van der Waals surface area contributed by atoms with Crippen molar-refractivity contribution in [1.29, 1.82) is 0 Å². The zero-order chi connectivity index (χ0) is 24.8. The van der Waals surface area contributed by atoms with Crippen LogP contribution in [0.15, 0.2) is 102 Å². The predicted octanol–water partition coefficient (Wildman–Crippen LogP) is 5.12. The van der Waals surface area contributed by atoms with Crippen LogP contribution < -0.4 is 9.62 Å². The molecule has 0 unspecified atom stereocenters. The molecule has 0 saturated heterocycles. The normalized spacial score (nSPS) is 11.1. The number of aromatic nitrogens is 1. The number of carbonyl (C=O) groups excluding carboxylic acids is 1. The number of pyridine rings is 1. The van der Waals surface area contributed by atoms with E-state index in [0.717, 1.165) is 28.7 Å². The molecule has 1 amide bonds. The van der Waals surface area contributed by atoms with Gasteiger partial charge in [0.2, 0.25) is 5.91 Å². The molecule has 1 N–H and O–H groups in total. The summed E-state index contributed by atoms with van der Waals surface area (Å²) in [4.78, 5) is 17.2. The van der Waals surface area contributed by atoms with Gasteiger partial charge in [-0.05, 0) is 85.0 Å². The van der Waals surface area contributed by atoms with Crippen LogP contribution in [-0.4, -0.2) is 25.9 Å². The Morgan fingerprint density at radius 2 is 1.51 bits per heavy atom. The summed E-state index contributed by atoms with van der Waals surface area (Å²) in [7, 11) is -3.95. The van der Waals surface area contributed by atoms with E-state index in [0.29, 0.717) is 11.4 Å². The number of carbonyl (C=O) groups is 1. The van der Waals surface area contributed by atoms with Gasteiger partial charge in [0.05, 0.1) is 10.6 Å². The standard InChI is InChI=1S/C28H27N3O3S/c1-21-8-9-22(2)27(18-21)31(35(33,34)26-6-4-3-5-7-26)20-28(32)30-25-12-10-23(11-13-25)19-24-14-16-29-17-15-24/h3-18H,19-20H2,1-2H3,(H,30,32). The quantitative estimate of drug-likeness (QED) is 0.376. The van der Waals surface area contributed by atoms with Gasteiger partial charge >= 0.3 is 0 Å². The number of benzene rings is 3. The number of sulfonamides is 1. The maximum atomic E-state index is 13.5. The number of nitrogens with one attached hydrogen (secondary N) is 1. The lowest BCUT2D eigenvalue weighted by atomic mass is 10.1. The molecule has 0 aliphatic carbocycles. The Kier molecular flexibility index (Phi) is 7.27. The van der Waals surface area contributed by atoms with Gasteiger partial charge in [-0.25, -0.2) is 8.42 Å². The number of rotatable bonds is 8. The zero-order valence-corrected chi connectivity index (χ0v) is 20.5. The summed E-state index contributed by atoms with van der Waals surface area (Å²) >= 11 is 0. The monoisotopic (exact) mass is 485 g/mol. The number of amides is 1. The highest BCUT2D eigenvalue weighted by Crippen LogP contribution is 2.28. The van der Waals surface area contributed by atoms with E-state index in [1.165, 1.54) is 16.4 Å². The molecule has 178 valence electrons. The number of anilines is 2. The maximum absolute atomic E-state index is 13.5. The first-order chi connectivity index (χ1) is 16.8. The van der Waals surface area contributed by atoms with E-state index in [4.69, 9.17) is 0 Å². The van der Waals surface area contributed by atoms with E-state index >= 15 is 0 Å². The molecule has 0 spiro atoms. The van der Waals surface area contributed by atoms with Crippen molar-refractivity contribution in [3.63, 3.8) is 0 Å². The summed E-state index contributed by atoms with van der Waals surface area (Å²) < 4.78 is 28.3. The largest absolute Gasteiger partial charge is 0.325 e. The topological polar surface area (TPSA) is 79.4 Å². The molecule has 0 atom stereocenters. The van der Waals surface area contributed by atoms with Crippen molar-refractivity contribution in [2.24, 2.45) is 0 Å². The Morgan fingerprint density at radius 3 is 2.20 bits per heavy atom. The van der Waals surface area contributed by atoms with Gasteiger partial charge in [-0.3, -0.25) is 14.1 Å². The third-order valence-corrected chi connectivity index (χ3v) is 7.42. The lowest BCUT2D eigenvalue weighted by Gasteiger charge is -2.26. The second-order valence-electron chi connectivity index (χ2n) is 8.39. The van der Waals surface area contributed by atoms with Gasteiger partial charge in [-0.2, -0.15) is 0 Å². The van der Waals surface area contributed by atoms with E-state index < -0.39 is 15.9 Å². The average molecular weight is 486 g/mol. The second kappa shape index (κ2) is 10.5. The molecule has 0 aliphatic heterocycles. The van der Waals surface area contributed by atoms with Crippen LogP contribution in [0.25, 0.3) is 0 Å². The fraction of sp³-hybridized carbons (Fsp3) is 0.143. The first kappa shape index (κ1) is 24.2. The summed E-state index contributed by atoms with van der Waals surface area (Å²) in [6.07, 6.45) is 4.27. The van der Waals surface area contributed by atoms with Gasteiger partial charge in [-0.1, -0.05) is 42.5 Å². The highest BCUT2D eigenvalue weighted by atomic mass is 32.2. The Balaban J connectivity index is 1.55. The van der Waals surface area contributed by atoms with Crippen molar-refractivity contribution in [1.82, 2.24) is 4.98 Å². The van der Waals surface area contributed by atoms with Gasteiger partial charge in [0.1, 0.15) is 6.54 Å². The second-order valence-corrected chi connectivity index (χ2v) is 10.3. The van der Waals surface area contributed by atoms with Gasteiger partial charge in [0, 0.05) is 18.1 Å².